The molecule has 0 bridgehead atoms. The molecule has 6 nitrogen and oxygen atoms in total. The highest BCUT2D eigenvalue weighted by molar-refractivity contribution is 5.71. The zero-order valence-corrected chi connectivity index (χ0v) is 15.0. The molecule has 1 heterocycles. The Bertz CT molecular complexity index is 371. The Morgan fingerprint density at radius 2 is 1.83 bits per heavy atom. The summed E-state index contributed by atoms with van der Waals surface area (Å²) in [7, 11) is 0. The van der Waals surface area contributed by atoms with E-state index in [0.29, 0.717) is 32.0 Å². The number of rotatable bonds is 8. The van der Waals surface area contributed by atoms with Gasteiger partial charge in [-0.2, -0.15) is 0 Å². The maximum absolute atomic E-state index is 11.6. The van der Waals surface area contributed by atoms with E-state index in [2.05, 4.69) is 10.2 Å². The number of hydrogen-bond donors (Lipinski definition) is 1. The Labute approximate surface area is 139 Å². The van der Waals surface area contributed by atoms with Crippen LogP contribution in [0.25, 0.3) is 0 Å². The largest absolute Gasteiger partial charge is 0.465 e. The van der Waals surface area contributed by atoms with Gasteiger partial charge in [0.05, 0.1) is 19.6 Å². The van der Waals surface area contributed by atoms with E-state index in [1.807, 2.05) is 27.7 Å². The van der Waals surface area contributed by atoms with Gasteiger partial charge in [-0.15, -0.1) is 0 Å². The second-order valence-corrected chi connectivity index (χ2v) is 7.07. The lowest BCUT2D eigenvalue weighted by Gasteiger charge is -2.31. The minimum Gasteiger partial charge on any atom is -0.465 e. The molecule has 1 aliphatic heterocycles. The van der Waals surface area contributed by atoms with Crippen molar-refractivity contribution in [2.24, 2.45) is 5.92 Å². The third-order valence-corrected chi connectivity index (χ3v) is 3.72. The second kappa shape index (κ2) is 9.88. The van der Waals surface area contributed by atoms with Crippen LogP contribution in [0.15, 0.2) is 0 Å². The third kappa shape index (κ3) is 9.56. The first kappa shape index (κ1) is 19.9. The van der Waals surface area contributed by atoms with Crippen LogP contribution in [0.5, 0.6) is 0 Å². The normalized spacial score (nSPS) is 17.0. The zero-order valence-electron chi connectivity index (χ0n) is 15.0. The Hall–Kier alpha value is -1.14. The fraction of sp³-hybridized carbons (Fsp3) is 0.882. The van der Waals surface area contributed by atoms with Crippen LogP contribution >= 0.6 is 0 Å². The van der Waals surface area contributed by atoms with Gasteiger partial charge in [-0.05, 0) is 66.1 Å². The molecule has 1 rings (SSSR count). The summed E-state index contributed by atoms with van der Waals surface area (Å²) in [4.78, 5) is 25.2. The molecule has 0 unspecified atom stereocenters. The molecule has 1 N–H and O–H groups in total. The quantitative estimate of drug-likeness (QED) is 0.539. The zero-order chi connectivity index (χ0) is 17.3. The number of likely N-dealkylation sites (tertiary alicyclic amines) is 1. The van der Waals surface area contributed by atoms with Crippen LogP contribution in [0.4, 0.5) is 0 Å². The van der Waals surface area contributed by atoms with Crippen LogP contribution in [-0.4, -0.2) is 61.8 Å². The van der Waals surface area contributed by atoms with Crippen molar-refractivity contribution < 1.29 is 19.1 Å². The van der Waals surface area contributed by atoms with E-state index in [1.165, 1.54) is 0 Å². The highest BCUT2D eigenvalue weighted by Crippen LogP contribution is 2.16. The van der Waals surface area contributed by atoms with Crippen LogP contribution in [0.3, 0.4) is 0 Å². The van der Waals surface area contributed by atoms with Crippen molar-refractivity contribution in [1.29, 1.82) is 0 Å². The SMILES string of the molecule is CCOC(=O)CN1CCC(CNCCC(=O)OC(C)(C)C)CC1. The third-order valence-electron chi connectivity index (χ3n) is 3.72. The summed E-state index contributed by atoms with van der Waals surface area (Å²) in [5.41, 5.74) is -0.414. The summed E-state index contributed by atoms with van der Waals surface area (Å²) in [5.74, 6) is 0.308. The highest BCUT2D eigenvalue weighted by atomic mass is 16.6. The Morgan fingerprint density at radius 1 is 1.17 bits per heavy atom. The first-order valence-electron chi connectivity index (χ1n) is 8.60. The lowest BCUT2D eigenvalue weighted by atomic mass is 9.97. The lowest BCUT2D eigenvalue weighted by molar-refractivity contribution is -0.154. The molecule has 0 aromatic rings. The molecule has 23 heavy (non-hydrogen) atoms. The number of carbonyl (C=O) groups is 2. The number of hydrogen-bond acceptors (Lipinski definition) is 6. The molecular weight excluding hydrogens is 296 g/mol. The number of nitrogens with zero attached hydrogens (tertiary/aromatic N) is 1. The second-order valence-electron chi connectivity index (χ2n) is 7.07. The van der Waals surface area contributed by atoms with Gasteiger partial charge in [0.1, 0.15) is 5.60 Å². The van der Waals surface area contributed by atoms with Crippen molar-refractivity contribution in [3.05, 3.63) is 0 Å². The molecule has 0 spiro atoms. The summed E-state index contributed by atoms with van der Waals surface area (Å²) in [6.07, 6.45) is 2.54. The van der Waals surface area contributed by atoms with E-state index >= 15 is 0 Å². The molecule has 0 amide bonds. The monoisotopic (exact) mass is 328 g/mol. The van der Waals surface area contributed by atoms with E-state index in [4.69, 9.17) is 9.47 Å². The number of esters is 2. The summed E-state index contributed by atoms with van der Waals surface area (Å²) >= 11 is 0. The van der Waals surface area contributed by atoms with Crippen molar-refractivity contribution in [2.75, 3.05) is 39.3 Å². The Morgan fingerprint density at radius 3 is 2.39 bits per heavy atom. The van der Waals surface area contributed by atoms with Gasteiger partial charge in [-0.1, -0.05) is 0 Å². The van der Waals surface area contributed by atoms with E-state index in [9.17, 15) is 9.59 Å². The lowest BCUT2D eigenvalue weighted by Crippen LogP contribution is -2.40. The molecule has 0 atom stereocenters. The summed E-state index contributed by atoms with van der Waals surface area (Å²) < 4.78 is 10.2. The molecule has 6 heteroatoms. The molecule has 0 aromatic heterocycles. The topological polar surface area (TPSA) is 67.9 Å². The van der Waals surface area contributed by atoms with Gasteiger partial charge in [-0.3, -0.25) is 14.5 Å². The number of piperidine rings is 1. The van der Waals surface area contributed by atoms with Gasteiger partial charge < -0.3 is 14.8 Å². The van der Waals surface area contributed by atoms with E-state index in [1.54, 1.807) is 0 Å². The highest BCUT2D eigenvalue weighted by Gasteiger charge is 2.21. The van der Waals surface area contributed by atoms with Crippen LogP contribution in [0.2, 0.25) is 0 Å². The Balaban J connectivity index is 2.08. The number of ether oxygens (including phenoxy) is 2. The number of nitrogens with one attached hydrogen (secondary N) is 1. The first-order valence-corrected chi connectivity index (χ1v) is 8.60. The van der Waals surface area contributed by atoms with Crippen molar-refractivity contribution in [2.45, 2.75) is 52.6 Å². The molecule has 0 radical (unpaired) electrons. The maximum Gasteiger partial charge on any atom is 0.320 e. The minimum absolute atomic E-state index is 0.138. The minimum atomic E-state index is -0.414. The van der Waals surface area contributed by atoms with E-state index in [0.717, 1.165) is 32.5 Å². The van der Waals surface area contributed by atoms with Gasteiger partial charge in [0.25, 0.3) is 0 Å². The predicted molar refractivity (Wildman–Crippen MR) is 89.1 cm³/mol. The molecule has 0 aromatic carbocycles. The van der Waals surface area contributed by atoms with Crippen LogP contribution in [0.1, 0.15) is 47.0 Å². The standard InChI is InChI=1S/C17H32N2O4/c1-5-22-16(21)13-19-10-7-14(8-11-19)12-18-9-6-15(20)23-17(2,3)4/h14,18H,5-13H2,1-4H3. The van der Waals surface area contributed by atoms with E-state index < -0.39 is 5.60 Å². The maximum atomic E-state index is 11.6. The van der Waals surface area contributed by atoms with Crippen molar-refractivity contribution >= 4 is 11.9 Å². The predicted octanol–water partition coefficient (Wildman–Crippen LogP) is 1.58. The molecule has 134 valence electrons. The number of carbonyl (C=O) groups excluding carboxylic acids is 2. The van der Waals surface area contributed by atoms with Crippen molar-refractivity contribution in [1.82, 2.24) is 10.2 Å². The molecule has 1 aliphatic rings. The van der Waals surface area contributed by atoms with Crippen molar-refractivity contribution in [3.8, 4) is 0 Å². The molecule has 1 saturated heterocycles. The van der Waals surface area contributed by atoms with E-state index in [-0.39, 0.29) is 11.9 Å². The van der Waals surface area contributed by atoms with Gasteiger partial charge in [-0.25, -0.2) is 0 Å². The molecule has 1 fully saturated rings. The van der Waals surface area contributed by atoms with Gasteiger partial charge in [0, 0.05) is 6.54 Å². The van der Waals surface area contributed by atoms with Gasteiger partial charge in [0.2, 0.25) is 0 Å². The summed E-state index contributed by atoms with van der Waals surface area (Å²) in [5, 5.41) is 3.34. The first-order chi connectivity index (χ1) is 10.8. The summed E-state index contributed by atoms with van der Waals surface area (Å²) in [6, 6.07) is 0. The van der Waals surface area contributed by atoms with Crippen molar-refractivity contribution in [3.63, 3.8) is 0 Å². The average Bonchev–Trinajstić information content (AvgIpc) is 2.43. The fourth-order valence-electron chi connectivity index (χ4n) is 2.63. The fourth-order valence-corrected chi connectivity index (χ4v) is 2.63. The average molecular weight is 328 g/mol. The summed E-state index contributed by atoms with van der Waals surface area (Å²) in [6.45, 7) is 11.7. The molecule has 0 aliphatic carbocycles. The molecule has 0 saturated carbocycles. The molecular formula is C17H32N2O4. The van der Waals surface area contributed by atoms with Crippen LogP contribution in [0, 0.1) is 5.92 Å². The van der Waals surface area contributed by atoms with Crippen LogP contribution < -0.4 is 5.32 Å². The van der Waals surface area contributed by atoms with Gasteiger partial charge in [0.15, 0.2) is 0 Å². The Kier molecular flexibility index (Phi) is 8.55. The van der Waals surface area contributed by atoms with Crippen LogP contribution in [-0.2, 0) is 19.1 Å². The van der Waals surface area contributed by atoms with Gasteiger partial charge >= 0.3 is 11.9 Å². The smallest absolute Gasteiger partial charge is 0.320 e.